The van der Waals surface area contributed by atoms with Gasteiger partial charge < -0.3 is 4.74 Å². The van der Waals surface area contributed by atoms with E-state index in [4.69, 9.17) is 4.74 Å². The second-order valence-electron chi connectivity index (χ2n) is 5.73. The fourth-order valence-corrected chi connectivity index (χ4v) is 5.04. The first kappa shape index (κ1) is 15.2. The van der Waals surface area contributed by atoms with E-state index in [1.807, 2.05) is 0 Å². The van der Waals surface area contributed by atoms with Crippen LogP contribution in [0.25, 0.3) is 0 Å². The number of piperazine rings is 1. The van der Waals surface area contributed by atoms with Crippen molar-refractivity contribution < 1.29 is 13.2 Å². The highest BCUT2D eigenvalue weighted by molar-refractivity contribution is 7.89. The van der Waals surface area contributed by atoms with E-state index in [-0.39, 0.29) is 12.6 Å². The monoisotopic (exact) mass is 290 g/mol. The molecule has 0 spiro atoms. The average Bonchev–Trinajstić information content (AvgIpc) is 2.84. The third-order valence-corrected chi connectivity index (χ3v) is 6.70. The number of hydrogen-bond donors (Lipinski definition) is 0. The van der Waals surface area contributed by atoms with Crippen molar-refractivity contribution in [2.24, 2.45) is 0 Å². The van der Waals surface area contributed by atoms with Crippen molar-refractivity contribution in [3.8, 4) is 0 Å². The molecule has 0 aromatic heterocycles. The van der Waals surface area contributed by atoms with Gasteiger partial charge in [-0.3, -0.25) is 4.90 Å². The molecule has 0 radical (unpaired) electrons. The lowest BCUT2D eigenvalue weighted by atomic mass is 10.1. The van der Waals surface area contributed by atoms with Gasteiger partial charge >= 0.3 is 0 Å². The maximum atomic E-state index is 12.7. The number of ether oxygens (including phenoxy) is 1. The molecule has 0 unspecified atom stereocenters. The molecule has 0 aromatic carbocycles. The van der Waals surface area contributed by atoms with Gasteiger partial charge in [0.1, 0.15) is 0 Å². The zero-order chi connectivity index (χ0) is 14.0. The minimum atomic E-state index is -3.24. The van der Waals surface area contributed by atoms with Gasteiger partial charge in [-0.25, -0.2) is 8.42 Å². The Morgan fingerprint density at radius 2 is 2.11 bits per heavy atom. The molecule has 5 nitrogen and oxygen atoms in total. The quantitative estimate of drug-likeness (QED) is 0.755. The molecule has 2 heterocycles. The summed E-state index contributed by atoms with van der Waals surface area (Å²) in [4.78, 5) is 2.46. The van der Waals surface area contributed by atoms with E-state index in [1.54, 1.807) is 18.3 Å². The van der Waals surface area contributed by atoms with E-state index in [0.717, 1.165) is 25.9 Å². The maximum absolute atomic E-state index is 12.7. The van der Waals surface area contributed by atoms with E-state index in [9.17, 15) is 8.42 Å². The van der Waals surface area contributed by atoms with Crippen molar-refractivity contribution in [2.45, 2.75) is 50.4 Å². The zero-order valence-electron chi connectivity index (χ0n) is 12.2. The Bertz CT molecular complexity index is 399. The van der Waals surface area contributed by atoms with Crippen LogP contribution < -0.4 is 0 Å². The molecule has 2 aliphatic rings. The summed E-state index contributed by atoms with van der Waals surface area (Å²) in [5.74, 6) is 0. The summed E-state index contributed by atoms with van der Waals surface area (Å²) in [7, 11) is -1.69. The Labute approximate surface area is 117 Å². The Hall–Kier alpha value is -0.170. The third kappa shape index (κ3) is 2.96. The van der Waals surface area contributed by atoms with Crippen LogP contribution in [0.1, 0.15) is 33.1 Å². The van der Waals surface area contributed by atoms with E-state index in [2.05, 4.69) is 11.8 Å². The van der Waals surface area contributed by atoms with Gasteiger partial charge in [0.15, 0.2) is 0 Å². The first-order valence-electron chi connectivity index (χ1n) is 7.24. The maximum Gasteiger partial charge on any atom is 0.219 e. The molecular formula is C13H26N2O3S. The first-order chi connectivity index (χ1) is 9.00. The van der Waals surface area contributed by atoms with Gasteiger partial charge in [-0.05, 0) is 32.7 Å². The standard InChI is InChI=1S/C13H26N2O3S/c1-4-12-8-14-7-5-6-13(14)9-15(12)19(16,17)11(2)10-18-3/h11-13H,4-10H2,1-3H3/t11-,12-,13+/m1/s1. The third-order valence-electron chi connectivity index (χ3n) is 4.45. The molecule has 2 saturated heterocycles. The normalized spacial score (nSPS) is 31.3. The highest BCUT2D eigenvalue weighted by atomic mass is 32.2. The van der Waals surface area contributed by atoms with Gasteiger partial charge in [0.25, 0.3) is 0 Å². The van der Waals surface area contributed by atoms with E-state index in [0.29, 0.717) is 12.6 Å². The molecule has 3 atom stereocenters. The van der Waals surface area contributed by atoms with Crippen LogP contribution in [0.4, 0.5) is 0 Å². The molecule has 112 valence electrons. The predicted octanol–water partition coefficient (Wildman–Crippen LogP) is 0.910. The Balaban J connectivity index is 2.16. The SMILES string of the molecule is CC[C@@H]1CN2CCC[C@H]2CN1S(=O)(=O)[C@H](C)COC. The van der Waals surface area contributed by atoms with E-state index in [1.165, 1.54) is 6.42 Å². The highest BCUT2D eigenvalue weighted by Gasteiger charge is 2.42. The van der Waals surface area contributed by atoms with Crippen LogP contribution in [0.2, 0.25) is 0 Å². The van der Waals surface area contributed by atoms with Crippen molar-refractivity contribution >= 4 is 10.0 Å². The lowest BCUT2D eigenvalue weighted by Gasteiger charge is -2.43. The number of sulfonamides is 1. The van der Waals surface area contributed by atoms with Gasteiger partial charge in [-0.2, -0.15) is 4.31 Å². The molecule has 0 amide bonds. The molecule has 19 heavy (non-hydrogen) atoms. The summed E-state index contributed by atoms with van der Waals surface area (Å²) in [6, 6.07) is 0.547. The fourth-order valence-electron chi connectivity index (χ4n) is 3.26. The largest absolute Gasteiger partial charge is 0.383 e. The van der Waals surface area contributed by atoms with Crippen molar-refractivity contribution in [2.75, 3.05) is 33.4 Å². The van der Waals surface area contributed by atoms with Crippen molar-refractivity contribution in [3.05, 3.63) is 0 Å². The van der Waals surface area contributed by atoms with Crippen molar-refractivity contribution in [1.82, 2.24) is 9.21 Å². The summed E-state index contributed by atoms with van der Waals surface area (Å²) in [6.07, 6.45) is 3.20. The molecule has 2 fully saturated rings. The van der Waals surface area contributed by atoms with Gasteiger partial charge in [0, 0.05) is 32.3 Å². The highest BCUT2D eigenvalue weighted by Crippen LogP contribution is 2.29. The minimum absolute atomic E-state index is 0.124. The second-order valence-corrected chi connectivity index (χ2v) is 8.04. The summed E-state index contributed by atoms with van der Waals surface area (Å²) in [6.45, 7) is 6.76. The lowest BCUT2D eigenvalue weighted by Crippen LogP contribution is -2.59. The lowest BCUT2D eigenvalue weighted by molar-refractivity contribution is 0.104. The molecule has 0 aromatic rings. The fraction of sp³-hybridized carbons (Fsp3) is 1.00. The molecule has 0 N–H and O–H groups in total. The number of methoxy groups -OCH3 is 1. The zero-order valence-corrected chi connectivity index (χ0v) is 13.0. The molecule has 2 aliphatic heterocycles. The molecule has 0 aliphatic carbocycles. The summed E-state index contributed by atoms with van der Waals surface area (Å²) < 4.78 is 32.1. The molecule has 2 rings (SSSR count). The van der Waals surface area contributed by atoms with Crippen LogP contribution in [0.5, 0.6) is 0 Å². The van der Waals surface area contributed by atoms with Crippen LogP contribution >= 0.6 is 0 Å². The van der Waals surface area contributed by atoms with Crippen molar-refractivity contribution in [3.63, 3.8) is 0 Å². The van der Waals surface area contributed by atoms with Crippen LogP contribution in [-0.2, 0) is 14.8 Å². The van der Waals surface area contributed by atoms with Gasteiger partial charge in [-0.1, -0.05) is 6.92 Å². The first-order valence-corrected chi connectivity index (χ1v) is 8.74. The van der Waals surface area contributed by atoms with Crippen molar-refractivity contribution in [1.29, 1.82) is 0 Å². The topological polar surface area (TPSA) is 49.9 Å². The van der Waals surface area contributed by atoms with E-state index >= 15 is 0 Å². The molecular weight excluding hydrogens is 264 g/mol. The van der Waals surface area contributed by atoms with E-state index < -0.39 is 15.3 Å². The number of hydrogen-bond acceptors (Lipinski definition) is 4. The van der Waals surface area contributed by atoms with Crippen LogP contribution in [0, 0.1) is 0 Å². The second kappa shape index (κ2) is 6.08. The summed E-state index contributed by atoms with van der Waals surface area (Å²) in [5.41, 5.74) is 0. The van der Waals surface area contributed by atoms with Gasteiger partial charge in [-0.15, -0.1) is 0 Å². The summed E-state index contributed by atoms with van der Waals surface area (Å²) >= 11 is 0. The van der Waals surface area contributed by atoms with Crippen LogP contribution in [0.3, 0.4) is 0 Å². The number of fused-ring (bicyclic) bond motifs is 1. The molecule has 0 saturated carbocycles. The van der Waals surface area contributed by atoms with Crippen LogP contribution in [0.15, 0.2) is 0 Å². The molecule has 6 heteroatoms. The molecule has 0 bridgehead atoms. The van der Waals surface area contributed by atoms with Gasteiger partial charge in [0.2, 0.25) is 10.0 Å². The van der Waals surface area contributed by atoms with Crippen LogP contribution in [-0.4, -0.2) is 68.3 Å². The summed E-state index contributed by atoms with van der Waals surface area (Å²) in [5, 5.41) is -0.459. The van der Waals surface area contributed by atoms with Gasteiger partial charge in [0.05, 0.1) is 11.9 Å². The number of nitrogens with zero attached hydrogens (tertiary/aromatic N) is 2. The Kier molecular flexibility index (Phi) is 4.87. The Morgan fingerprint density at radius 1 is 1.37 bits per heavy atom. The minimum Gasteiger partial charge on any atom is -0.383 e. The number of rotatable bonds is 5. The average molecular weight is 290 g/mol. The Morgan fingerprint density at radius 3 is 2.74 bits per heavy atom. The smallest absolute Gasteiger partial charge is 0.219 e. The predicted molar refractivity (Wildman–Crippen MR) is 75.6 cm³/mol.